The molecule has 1 aromatic carbocycles. The van der Waals surface area contributed by atoms with Crippen molar-refractivity contribution in [2.45, 2.75) is 31.7 Å². The summed E-state index contributed by atoms with van der Waals surface area (Å²) >= 11 is 0. The van der Waals surface area contributed by atoms with Crippen LogP contribution in [0.15, 0.2) is 17.0 Å². The van der Waals surface area contributed by atoms with Crippen LogP contribution >= 0.6 is 0 Å². The van der Waals surface area contributed by atoms with E-state index in [0.29, 0.717) is 12.1 Å². The second-order valence-corrected chi connectivity index (χ2v) is 6.05. The molecule has 0 saturated carbocycles. The van der Waals surface area contributed by atoms with Gasteiger partial charge < -0.3 is 5.32 Å². The molecule has 0 aliphatic rings. The molecule has 19 heavy (non-hydrogen) atoms. The first kappa shape index (κ1) is 16.0. The molecule has 0 aliphatic heterocycles. The predicted molar refractivity (Wildman–Crippen MR) is 69.9 cm³/mol. The van der Waals surface area contributed by atoms with Crippen LogP contribution in [0.25, 0.3) is 0 Å². The minimum atomic E-state index is -3.90. The van der Waals surface area contributed by atoms with E-state index in [9.17, 15) is 17.2 Å². The highest BCUT2D eigenvalue weighted by molar-refractivity contribution is 7.89. The summed E-state index contributed by atoms with van der Waals surface area (Å²) in [4.78, 5) is 0.0454. The Bertz CT molecular complexity index is 545. The summed E-state index contributed by atoms with van der Waals surface area (Å²) in [6.07, 6.45) is -2.71. The highest BCUT2D eigenvalue weighted by Crippen LogP contribution is 2.20. The van der Waals surface area contributed by atoms with Crippen molar-refractivity contribution in [1.82, 2.24) is 10.0 Å². The maximum absolute atomic E-state index is 12.1. The lowest BCUT2D eigenvalue weighted by Crippen LogP contribution is -2.29. The van der Waals surface area contributed by atoms with E-state index in [4.69, 9.17) is 0 Å². The number of alkyl halides is 2. The van der Waals surface area contributed by atoms with Crippen LogP contribution in [0, 0.1) is 13.8 Å². The fourth-order valence-electron chi connectivity index (χ4n) is 1.80. The molecule has 0 radical (unpaired) electrons. The summed E-state index contributed by atoms with van der Waals surface area (Å²) in [5.41, 5.74) is 2.32. The van der Waals surface area contributed by atoms with Gasteiger partial charge in [-0.2, -0.15) is 0 Å². The fraction of sp³-hybridized carbons (Fsp3) is 0.500. The third kappa shape index (κ3) is 4.22. The summed E-state index contributed by atoms with van der Waals surface area (Å²) in [5.74, 6) is 0. The Balaban J connectivity index is 3.15. The Hall–Kier alpha value is -1.05. The summed E-state index contributed by atoms with van der Waals surface area (Å²) in [6, 6.07) is 3.26. The van der Waals surface area contributed by atoms with Crippen LogP contribution in [0.1, 0.15) is 16.7 Å². The standard InChI is InChI=1S/C12H18F2N2O2S/c1-8-4-9(2)11(5-10(8)6-15-3)19(17,18)16-7-12(13)14/h4-5,12,15-16H,6-7H2,1-3H3. The van der Waals surface area contributed by atoms with Crippen LogP contribution in [0.5, 0.6) is 0 Å². The molecule has 0 unspecified atom stereocenters. The molecule has 1 aromatic rings. The van der Waals surface area contributed by atoms with Gasteiger partial charge in [-0.3, -0.25) is 0 Å². The zero-order valence-corrected chi connectivity index (χ0v) is 11.9. The molecule has 0 heterocycles. The minimum Gasteiger partial charge on any atom is -0.316 e. The van der Waals surface area contributed by atoms with Crippen LogP contribution in [-0.2, 0) is 16.6 Å². The van der Waals surface area contributed by atoms with E-state index in [1.54, 1.807) is 20.0 Å². The van der Waals surface area contributed by atoms with Crippen molar-refractivity contribution in [2.75, 3.05) is 13.6 Å². The van der Waals surface area contributed by atoms with Gasteiger partial charge in [0.2, 0.25) is 10.0 Å². The molecule has 108 valence electrons. The lowest BCUT2D eigenvalue weighted by Gasteiger charge is -2.13. The van der Waals surface area contributed by atoms with Crippen LogP contribution in [0.2, 0.25) is 0 Å². The van der Waals surface area contributed by atoms with E-state index in [1.165, 1.54) is 6.07 Å². The molecule has 0 fully saturated rings. The molecule has 0 aliphatic carbocycles. The predicted octanol–water partition coefficient (Wildman–Crippen LogP) is 1.57. The molecule has 0 bridgehead atoms. The Morgan fingerprint density at radius 3 is 2.37 bits per heavy atom. The SMILES string of the molecule is CNCc1cc(S(=O)(=O)NCC(F)F)c(C)cc1C. The number of nitrogens with one attached hydrogen (secondary N) is 2. The van der Waals surface area contributed by atoms with Crippen LogP contribution < -0.4 is 10.0 Å². The van der Waals surface area contributed by atoms with Gasteiger partial charge in [-0.05, 0) is 43.7 Å². The van der Waals surface area contributed by atoms with Crippen molar-refractivity contribution in [3.05, 3.63) is 28.8 Å². The monoisotopic (exact) mass is 292 g/mol. The number of aryl methyl sites for hydroxylation is 2. The first-order valence-corrected chi connectivity index (χ1v) is 7.28. The number of hydrogen-bond acceptors (Lipinski definition) is 3. The zero-order valence-electron chi connectivity index (χ0n) is 11.1. The van der Waals surface area contributed by atoms with Crippen molar-refractivity contribution >= 4 is 10.0 Å². The van der Waals surface area contributed by atoms with E-state index < -0.39 is 23.0 Å². The fourth-order valence-corrected chi connectivity index (χ4v) is 3.08. The van der Waals surface area contributed by atoms with E-state index in [-0.39, 0.29) is 4.90 Å². The summed E-state index contributed by atoms with van der Waals surface area (Å²) < 4.78 is 50.0. The molecule has 7 heteroatoms. The van der Waals surface area contributed by atoms with Crippen molar-refractivity contribution in [3.8, 4) is 0 Å². The molecule has 0 aromatic heterocycles. The van der Waals surface area contributed by atoms with Crippen LogP contribution in [0.4, 0.5) is 8.78 Å². The van der Waals surface area contributed by atoms with Crippen molar-refractivity contribution in [3.63, 3.8) is 0 Å². The van der Waals surface area contributed by atoms with Gasteiger partial charge >= 0.3 is 0 Å². The smallest absolute Gasteiger partial charge is 0.251 e. The second kappa shape index (κ2) is 6.40. The molecule has 0 amide bonds. The highest BCUT2D eigenvalue weighted by Gasteiger charge is 2.19. The molecular formula is C12H18F2N2O2S. The van der Waals surface area contributed by atoms with Crippen LogP contribution in [-0.4, -0.2) is 28.4 Å². The second-order valence-electron chi connectivity index (χ2n) is 4.32. The number of hydrogen-bond donors (Lipinski definition) is 2. The molecule has 0 saturated heterocycles. The number of halogens is 2. The van der Waals surface area contributed by atoms with E-state index in [2.05, 4.69) is 5.32 Å². The Morgan fingerprint density at radius 1 is 1.21 bits per heavy atom. The number of rotatable bonds is 6. The van der Waals surface area contributed by atoms with E-state index in [0.717, 1.165) is 11.1 Å². The third-order valence-electron chi connectivity index (χ3n) is 2.72. The maximum atomic E-state index is 12.1. The van der Waals surface area contributed by atoms with Crippen molar-refractivity contribution in [1.29, 1.82) is 0 Å². The lowest BCUT2D eigenvalue weighted by molar-refractivity contribution is 0.153. The number of benzene rings is 1. The Kier molecular flexibility index (Phi) is 5.39. The average molecular weight is 292 g/mol. The molecular weight excluding hydrogens is 274 g/mol. The Morgan fingerprint density at radius 2 is 1.84 bits per heavy atom. The minimum absolute atomic E-state index is 0.0454. The van der Waals surface area contributed by atoms with Gasteiger partial charge in [-0.25, -0.2) is 21.9 Å². The number of sulfonamides is 1. The van der Waals surface area contributed by atoms with Gasteiger partial charge in [0.15, 0.2) is 0 Å². The van der Waals surface area contributed by atoms with E-state index in [1.807, 2.05) is 11.6 Å². The topological polar surface area (TPSA) is 58.2 Å². The van der Waals surface area contributed by atoms with Gasteiger partial charge in [0.05, 0.1) is 11.4 Å². The van der Waals surface area contributed by atoms with Gasteiger partial charge in [0.25, 0.3) is 6.43 Å². The molecule has 0 spiro atoms. The van der Waals surface area contributed by atoms with Crippen molar-refractivity contribution < 1.29 is 17.2 Å². The quantitative estimate of drug-likeness (QED) is 0.836. The summed E-state index contributed by atoms with van der Waals surface area (Å²) in [7, 11) is -2.15. The molecule has 2 N–H and O–H groups in total. The van der Waals surface area contributed by atoms with Crippen molar-refractivity contribution in [2.24, 2.45) is 0 Å². The van der Waals surface area contributed by atoms with Gasteiger partial charge in [0, 0.05) is 6.54 Å². The first-order chi connectivity index (χ1) is 8.77. The molecule has 0 atom stereocenters. The summed E-state index contributed by atoms with van der Waals surface area (Å²) in [5, 5.41) is 2.94. The Labute approximate surface area is 112 Å². The molecule has 4 nitrogen and oxygen atoms in total. The first-order valence-electron chi connectivity index (χ1n) is 5.80. The van der Waals surface area contributed by atoms with E-state index >= 15 is 0 Å². The largest absolute Gasteiger partial charge is 0.316 e. The summed E-state index contributed by atoms with van der Waals surface area (Å²) in [6.45, 7) is 3.16. The maximum Gasteiger partial charge on any atom is 0.251 e. The third-order valence-corrected chi connectivity index (χ3v) is 4.28. The highest BCUT2D eigenvalue weighted by atomic mass is 32.2. The van der Waals surface area contributed by atoms with Crippen LogP contribution in [0.3, 0.4) is 0 Å². The van der Waals surface area contributed by atoms with Gasteiger partial charge in [-0.1, -0.05) is 6.07 Å². The normalized spacial score (nSPS) is 12.1. The van der Waals surface area contributed by atoms with Gasteiger partial charge in [0.1, 0.15) is 0 Å². The average Bonchev–Trinajstić information content (AvgIpc) is 2.30. The van der Waals surface area contributed by atoms with Gasteiger partial charge in [-0.15, -0.1) is 0 Å². The zero-order chi connectivity index (χ0) is 14.6. The lowest BCUT2D eigenvalue weighted by atomic mass is 10.1. The molecule has 1 rings (SSSR count).